The maximum absolute atomic E-state index is 12.2. The minimum Gasteiger partial charge on any atom is -0.378 e. The zero-order chi connectivity index (χ0) is 17.8. The lowest BCUT2D eigenvalue weighted by atomic mass is 10.1. The van der Waals surface area contributed by atoms with Crippen LogP contribution in [0.25, 0.3) is 11.3 Å². The summed E-state index contributed by atoms with van der Waals surface area (Å²) in [5.74, 6) is 0.541. The zero-order valence-corrected chi connectivity index (χ0v) is 14.6. The highest BCUT2D eigenvalue weighted by atomic mass is 16.5. The summed E-state index contributed by atoms with van der Waals surface area (Å²) in [6.07, 6.45) is 0.171. The largest absolute Gasteiger partial charge is 0.378 e. The molecule has 2 aromatic carbocycles. The van der Waals surface area contributed by atoms with Gasteiger partial charge in [0.15, 0.2) is 5.76 Å². The SMILES string of the molecule is Cc1ccc(-c2cc(CC(=O)Nc3ccc(N(C)C)cc3)no2)cc1. The Morgan fingerprint density at radius 1 is 1.08 bits per heavy atom. The summed E-state index contributed by atoms with van der Waals surface area (Å²) in [4.78, 5) is 14.2. The molecule has 0 unspecified atom stereocenters. The van der Waals surface area contributed by atoms with E-state index < -0.39 is 0 Å². The average Bonchev–Trinajstić information content (AvgIpc) is 3.04. The zero-order valence-electron chi connectivity index (χ0n) is 14.6. The van der Waals surface area contributed by atoms with Gasteiger partial charge in [0.2, 0.25) is 5.91 Å². The molecule has 0 saturated heterocycles. The Labute approximate surface area is 147 Å². The first-order valence-electron chi connectivity index (χ1n) is 8.11. The van der Waals surface area contributed by atoms with Crippen molar-refractivity contribution in [3.8, 4) is 11.3 Å². The second kappa shape index (κ2) is 7.21. The van der Waals surface area contributed by atoms with Crippen molar-refractivity contribution in [3.05, 3.63) is 65.9 Å². The van der Waals surface area contributed by atoms with E-state index in [1.807, 2.05) is 74.4 Å². The molecule has 0 fully saturated rings. The maximum atomic E-state index is 12.2. The fourth-order valence-corrected chi connectivity index (χ4v) is 2.46. The van der Waals surface area contributed by atoms with Crippen LogP contribution in [0.2, 0.25) is 0 Å². The Morgan fingerprint density at radius 3 is 2.40 bits per heavy atom. The van der Waals surface area contributed by atoms with Gasteiger partial charge < -0.3 is 14.7 Å². The van der Waals surface area contributed by atoms with Crippen LogP contribution in [0.5, 0.6) is 0 Å². The minimum atomic E-state index is -0.124. The summed E-state index contributed by atoms with van der Waals surface area (Å²) in [6, 6.07) is 17.5. The number of hydrogen-bond donors (Lipinski definition) is 1. The van der Waals surface area contributed by atoms with Gasteiger partial charge in [-0.2, -0.15) is 0 Å². The maximum Gasteiger partial charge on any atom is 0.230 e. The molecule has 1 amide bonds. The van der Waals surface area contributed by atoms with Gasteiger partial charge in [0.05, 0.1) is 12.1 Å². The van der Waals surface area contributed by atoms with Crippen LogP contribution < -0.4 is 10.2 Å². The molecule has 0 atom stereocenters. The summed E-state index contributed by atoms with van der Waals surface area (Å²) in [5.41, 5.74) is 4.58. The van der Waals surface area contributed by atoms with Gasteiger partial charge in [-0.1, -0.05) is 35.0 Å². The summed E-state index contributed by atoms with van der Waals surface area (Å²) < 4.78 is 5.35. The van der Waals surface area contributed by atoms with Gasteiger partial charge in [-0.25, -0.2) is 0 Å². The normalized spacial score (nSPS) is 10.5. The number of carbonyl (C=O) groups excluding carboxylic acids is 1. The molecule has 0 aliphatic heterocycles. The molecule has 0 radical (unpaired) electrons. The van der Waals surface area contributed by atoms with E-state index in [-0.39, 0.29) is 12.3 Å². The van der Waals surface area contributed by atoms with E-state index in [4.69, 9.17) is 4.52 Å². The molecule has 0 bridgehead atoms. The first-order valence-corrected chi connectivity index (χ1v) is 8.11. The van der Waals surface area contributed by atoms with Crippen LogP contribution in [-0.2, 0) is 11.2 Å². The van der Waals surface area contributed by atoms with Crippen LogP contribution in [0, 0.1) is 6.92 Å². The minimum absolute atomic E-state index is 0.124. The van der Waals surface area contributed by atoms with E-state index >= 15 is 0 Å². The molecular weight excluding hydrogens is 314 g/mol. The lowest BCUT2D eigenvalue weighted by molar-refractivity contribution is -0.115. The highest BCUT2D eigenvalue weighted by molar-refractivity contribution is 5.92. The molecule has 3 aromatic rings. The van der Waals surface area contributed by atoms with Gasteiger partial charge >= 0.3 is 0 Å². The predicted molar refractivity (Wildman–Crippen MR) is 99.8 cm³/mol. The Bertz CT molecular complexity index is 849. The van der Waals surface area contributed by atoms with Crippen molar-refractivity contribution in [1.29, 1.82) is 0 Å². The van der Waals surface area contributed by atoms with Gasteiger partial charge in [-0.05, 0) is 31.2 Å². The molecule has 1 heterocycles. The van der Waals surface area contributed by atoms with Crippen LogP contribution in [0.4, 0.5) is 11.4 Å². The van der Waals surface area contributed by atoms with Crippen molar-refractivity contribution in [3.63, 3.8) is 0 Å². The summed E-state index contributed by atoms with van der Waals surface area (Å²) in [7, 11) is 3.95. The fraction of sp³-hybridized carbons (Fsp3) is 0.200. The van der Waals surface area contributed by atoms with Crippen LogP contribution in [0.15, 0.2) is 59.1 Å². The predicted octanol–water partition coefficient (Wildman–Crippen LogP) is 3.90. The molecule has 0 aliphatic carbocycles. The molecule has 0 spiro atoms. The quantitative estimate of drug-likeness (QED) is 0.768. The highest BCUT2D eigenvalue weighted by Crippen LogP contribution is 2.21. The van der Waals surface area contributed by atoms with Crippen molar-refractivity contribution in [2.24, 2.45) is 0 Å². The number of amides is 1. The third-order valence-corrected chi connectivity index (χ3v) is 3.90. The molecule has 1 N–H and O–H groups in total. The monoisotopic (exact) mass is 335 g/mol. The standard InChI is InChI=1S/C20H21N3O2/c1-14-4-6-15(7-5-14)19-12-17(22-25-19)13-20(24)21-16-8-10-18(11-9-16)23(2)3/h4-12H,13H2,1-3H3,(H,21,24). The number of nitrogens with zero attached hydrogens (tertiary/aromatic N) is 2. The number of aromatic nitrogens is 1. The summed E-state index contributed by atoms with van der Waals surface area (Å²) >= 11 is 0. The van der Waals surface area contributed by atoms with Crippen LogP contribution in [-0.4, -0.2) is 25.2 Å². The molecular formula is C20H21N3O2. The van der Waals surface area contributed by atoms with E-state index in [0.717, 1.165) is 16.9 Å². The molecule has 128 valence electrons. The lowest BCUT2D eigenvalue weighted by Gasteiger charge is -2.12. The molecule has 25 heavy (non-hydrogen) atoms. The second-order valence-electron chi connectivity index (χ2n) is 6.21. The van der Waals surface area contributed by atoms with Crippen molar-refractivity contribution >= 4 is 17.3 Å². The molecule has 1 aromatic heterocycles. The number of nitrogens with one attached hydrogen (secondary N) is 1. The van der Waals surface area contributed by atoms with Gasteiger partial charge in [0.25, 0.3) is 0 Å². The number of carbonyl (C=O) groups is 1. The summed E-state index contributed by atoms with van der Waals surface area (Å²) in [6.45, 7) is 2.03. The number of aryl methyl sites for hydroxylation is 1. The van der Waals surface area contributed by atoms with Crippen LogP contribution in [0.1, 0.15) is 11.3 Å². The van der Waals surface area contributed by atoms with Crippen molar-refractivity contribution < 1.29 is 9.32 Å². The van der Waals surface area contributed by atoms with Crippen molar-refractivity contribution in [1.82, 2.24) is 5.16 Å². The first-order chi connectivity index (χ1) is 12.0. The van der Waals surface area contributed by atoms with Crippen LogP contribution in [0.3, 0.4) is 0 Å². The lowest BCUT2D eigenvalue weighted by Crippen LogP contribution is -2.15. The Morgan fingerprint density at radius 2 is 1.76 bits per heavy atom. The average molecular weight is 335 g/mol. The van der Waals surface area contributed by atoms with Crippen molar-refractivity contribution in [2.75, 3.05) is 24.3 Å². The second-order valence-corrected chi connectivity index (χ2v) is 6.21. The number of benzene rings is 2. The van der Waals surface area contributed by atoms with Crippen molar-refractivity contribution in [2.45, 2.75) is 13.3 Å². The molecule has 0 saturated carbocycles. The van der Waals surface area contributed by atoms with E-state index in [2.05, 4.69) is 10.5 Å². The van der Waals surface area contributed by atoms with Gasteiger partial charge in [0, 0.05) is 37.1 Å². The molecule has 3 rings (SSSR count). The number of anilines is 2. The molecule has 5 nitrogen and oxygen atoms in total. The van der Waals surface area contributed by atoms with Crippen LogP contribution >= 0.6 is 0 Å². The molecule has 5 heteroatoms. The van der Waals surface area contributed by atoms with E-state index in [1.165, 1.54) is 5.56 Å². The van der Waals surface area contributed by atoms with Gasteiger partial charge in [-0.3, -0.25) is 4.79 Å². The van der Waals surface area contributed by atoms with E-state index in [0.29, 0.717) is 11.5 Å². The smallest absolute Gasteiger partial charge is 0.230 e. The highest BCUT2D eigenvalue weighted by Gasteiger charge is 2.11. The molecule has 0 aliphatic rings. The Hall–Kier alpha value is -3.08. The summed E-state index contributed by atoms with van der Waals surface area (Å²) in [5, 5.41) is 6.87. The first kappa shape index (κ1) is 16.8. The van der Waals surface area contributed by atoms with Gasteiger partial charge in [0.1, 0.15) is 0 Å². The van der Waals surface area contributed by atoms with Gasteiger partial charge in [-0.15, -0.1) is 0 Å². The Kier molecular flexibility index (Phi) is 4.84. The van der Waals surface area contributed by atoms with E-state index in [9.17, 15) is 4.79 Å². The topological polar surface area (TPSA) is 58.4 Å². The van der Waals surface area contributed by atoms with E-state index in [1.54, 1.807) is 6.07 Å². The number of hydrogen-bond acceptors (Lipinski definition) is 4. The number of rotatable bonds is 5. The fourth-order valence-electron chi connectivity index (χ4n) is 2.46. The third kappa shape index (κ3) is 4.26. The Balaban J connectivity index is 1.62. The third-order valence-electron chi connectivity index (χ3n) is 3.90.